The fraction of sp³-hybridized carbons (Fsp3) is 0.500. The SMILES string of the molecule is Cn1cc(CC(=O)N2CCCCCC2CC(O)c2ccccc2)cn1. The zero-order chi connectivity index (χ0) is 17.6. The Kier molecular flexibility index (Phi) is 5.87. The molecule has 1 aromatic heterocycles. The van der Waals surface area contributed by atoms with E-state index in [1.807, 2.05) is 48.5 Å². The molecular formula is C20H27N3O2. The van der Waals surface area contributed by atoms with Crippen molar-refractivity contribution in [2.24, 2.45) is 7.05 Å². The normalized spacial score (nSPS) is 19.4. The van der Waals surface area contributed by atoms with Gasteiger partial charge in [0.15, 0.2) is 0 Å². The monoisotopic (exact) mass is 341 g/mol. The Bertz CT molecular complexity index is 683. The summed E-state index contributed by atoms with van der Waals surface area (Å²) >= 11 is 0. The minimum atomic E-state index is -0.530. The topological polar surface area (TPSA) is 58.4 Å². The van der Waals surface area contributed by atoms with Crippen LogP contribution in [0.1, 0.15) is 49.3 Å². The van der Waals surface area contributed by atoms with Gasteiger partial charge in [-0.25, -0.2) is 0 Å². The fourth-order valence-corrected chi connectivity index (χ4v) is 3.66. The number of hydrogen-bond donors (Lipinski definition) is 1. The predicted octanol–water partition coefficient (Wildman–Crippen LogP) is 2.86. The standard InChI is InChI=1S/C20H27N3O2/c1-22-15-16(14-21-22)12-20(25)23-11-7-3-6-10-18(23)13-19(24)17-8-4-2-5-9-17/h2,4-5,8-9,14-15,18-19,24H,3,6-7,10-13H2,1H3. The molecule has 0 bridgehead atoms. The van der Waals surface area contributed by atoms with Gasteiger partial charge in [-0.1, -0.05) is 43.2 Å². The van der Waals surface area contributed by atoms with E-state index in [-0.39, 0.29) is 11.9 Å². The highest BCUT2D eigenvalue weighted by Gasteiger charge is 2.27. The number of aromatic nitrogens is 2. The van der Waals surface area contributed by atoms with E-state index in [0.717, 1.165) is 43.4 Å². The Labute approximate surface area is 149 Å². The quantitative estimate of drug-likeness (QED) is 0.910. The molecular weight excluding hydrogens is 314 g/mol. The minimum absolute atomic E-state index is 0.0990. The van der Waals surface area contributed by atoms with Crippen LogP contribution in [0.2, 0.25) is 0 Å². The number of likely N-dealkylation sites (tertiary alicyclic amines) is 1. The first-order chi connectivity index (χ1) is 12.1. The molecule has 1 aliphatic heterocycles. The number of carbonyl (C=O) groups is 1. The molecule has 0 saturated carbocycles. The molecule has 2 aromatic rings. The van der Waals surface area contributed by atoms with Gasteiger partial charge in [0, 0.05) is 25.8 Å². The third kappa shape index (κ3) is 4.69. The molecule has 0 spiro atoms. The van der Waals surface area contributed by atoms with Crippen LogP contribution in [0, 0.1) is 0 Å². The van der Waals surface area contributed by atoms with Crippen molar-refractivity contribution in [1.29, 1.82) is 0 Å². The summed E-state index contributed by atoms with van der Waals surface area (Å²) in [5.41, 5.74) is 1.87. The summed E-state index contributed by atoms with van der Waals surface area (Å²) in [5.74, 6) is 0.139. The highest BCUT2D eigenvalue weighted by atomic mass is 16.3. The first kappa shape index (κ1) is 17.7. The van der Waals surface area contributed by atoms with Gasteiger partial charge in [-0.3, -0.25) is 9.48 Å². The van der Waals surface area contributed by atoms with Crippen LogP contribution in [0.3, 0.4) is 0 Å². The molecule has 2 atom stereocenters. The second-order valence-corrected chi connectivity index (χ2v) is 6.95. The molecule has 3 rings (SSSR count). The molecule has 1 aliphatic rings. The maximum absolute atomic E-state index is 12.9. The Hall–Kier alpha value is -2.14. The van der Waals surface area contributed by atoms with Gasteiger partial charge < -0.3 is 10.0 Å². The van der Waals surface area contributed by atoms with Gasteiger partial charge in [-0.2, -0.15) is 5.10 Å². The molecule has 0 radical (unpaired) electrons. The summed E-state index contributed by atoms with van der Waals surface area (Å²) in [5, 5.41) is 14.8. The molecule has 1 amide bonds. The van der Waals surface area contributed by atoms with Gasteiger partial charge in [0.2, 0.25) is 5.91 Å². The number of amides is 1. The predicted molar refractivity (Wildman–Crippen MR) is 96.9 cm³/mol. The number of rotatable bonds is 5. The van der Waals surface area contributed by atoms with Gasteiger partial charge in [0.1, 0.15) is 0 Å². The maximum Gasteiger partial charge on any atom is 0.227 e. The van der Waals surface area contributed by atoms with Gasteiger partial charge >= 0.3 is 0 Å². The van der Waals surface area contributed by atoms with Crippen LogP contribution < -0.4 is 0 Å². The first-order valence-corrected chi connectivity index (χ1v) is 9.13. The number of benzene rings is 1. The van der Waals surface area contributed by atoms with Crippen LogP contribution >= 0.6 is 0 Å². The van der Waals surface area contributed by atoms with Crippen molar-refractivity contribution in [1.82, 2.24) is 14.7 Å². The van der Waals surface area contributed by atoms with Crippen molar-refractivity contribution in [2.75, 3.05) is 6.54 Å². The van der Waals surface area contributed by atoms with Crippen LogP contribution in [-0.2, 0) is 18.3 Å². The van der Waals surface area contributed by atoms with E-state index in [1.54, 1.807) is 10.9 Å². The van der Waals surface area contributed by atoms with Crippen LogP contribution in [0.15, 0.2) is 42.7 Å². The molecule has 1 fully saturated rings. The molecule has 5 nitrogen and oxygen atoms in total. The Morgan fingerprint density at radius 2 is 2.08 bits per heavy atom. The molecule has 134 valence electrons. The van der Waals surface area contributed by atoms with Crippen LogP contribution in [0.25, 0.3) is 0 Å². The lowest BCUT2D eigenvalue weighted by Crippen LogP contribution is -2.41. The summed E-state index contributed by atoms with van der Waals surface area (Å²) in [7, 11) is 1.86. The number of nitrogens with zero attached hydrogens (tertiary/aromatic N) is 3. The zero-order valence-corrected chi connectivity index (χ0v) is 14.8. The fourth-order valence-electron chi connectivity index (χ4n) is 3.66. The van der Waals surface area contributed by atoms with Crippen LogP contribution in [-0.4, -0.2) is 38.3 Å². The van der Waals surface area contributed by atoms with Gasteiger partial charge in [-0.05, 0) is 30.4 Å². The minimum Gasteiger partial charge on any atom is -0.388 e. The number of aliphatic hydroxyl groups excluding tert-OH is 1. The van der Waals surface area contributed by atoms with Crippen LogP contribution in [0.5, 0.6) is 0 Å². The number of carbonyl (C=O) groups excluding carboxylic acids is 1. The molecule has 2 heterocycles. The van der Waals surface area contributed by atoms with Crippen molar-refractivity contribution >= 4 is 5.91 Å². The van der Waals surface area contributed by atoms with Crippen molar-refractivity contribution < 1.29 is 9.90 Å². The summed E-state index contributed by atoms with van der Waals surface area (Å²) < 4.78 is 1.72. The average molecular weight is 341 g/mol. The van der Waals surface area contributed by atoms with E-state index in [0.29, 0.717) is 12.8 Å². The summed E-state index contributed by atoms with van der Waals surface area (Å²) in [4.78, 5) is 14.9. The summed E-state index contributed by atoms with van der Waals surface area (Å²) in [6.07, 6.45) is 8.36. The lowest BCUT2D eigenvalue weighted by molar-refractivity contribution is -0.133. The van der Waals surface area contributed by atoms with Crippen molar-refractivity contribution in [3.05, 3.63) is 53.9 Å². The molecule has 1 aromatic carbocycles. The second-order valence-electron chi connectivity index (χ2n) is 6.95. The molecule has 2 unspecified atom stereocenters. The van der Waals surface area contributed by atoms with E-state index >= 15 is 0 Å². The average Bonchev–Trinajstić information content (AvgIpc) is 2.88. The molecule has 1 N–H and O–H groups in total. The first-order valence-electron chi connectivity index (χ1n) is 9.13. The van der Waals surface area contributed by atoms with E-state index in [4.69, 9.17) is 0 Å². The molecule has 1 saturated heterocycles. The second kappa shape index (κ2) is 8.30. The zero-order valence-electron chi connectivity index (χ0n) is 14.8. The molecule has 0 aliphatic carbocycles. The van der Waals surface area contributed by atoms with Crippen LogP contribution in [0.4, 0.5) is 0 Å². The van der Waals surface area contributed by atoms with Crippen molar-refractivity contribution in [3.8, 4) is 0 Å². The van der Waals surface area contributed by atoms with E-state index in [2.05, 4.69) is 5.10 Å². The largest absolute Gasteiger partial charge is 0.388 e. The molecule has 25 heavy (non-hydrogen) atoms. The third-order valence-corrected chi connectivity index (χ3v) is 4.99. The Morgan fingerprint density at radius 1 is 1.28 bits per heavy atom. The smallest absolute Gasteiger partial charge is 0.227 e. The van der Waals surface area contributed by atoms with E-state index in [1.165, 1.54) is 0 Å². The number of aliphatic hydroxyl groups is 1. The summed E-state index contributed by atoms with van der Waals surface area (Å²) in [6, 6.07) is 9.83. The van der Waals surface area contributed by atoms with Gasteiger partial charge in [0.05, 0.1) is 18.7 Å². The number of aryl methyl sites for hydroxylation is 1. The van der Waals surface area contributed by atoms with E-state index in [9.17, 15) is 9.90 Å². The van der Waals surface area contributed by atoms with Gasteiger partial charge in [0.25, 0.3) is 0 Å². The summed E-state index contributed by atoms with van der Waals surface area (Å²) in [6.45, 7) is 0.783. The highest BCUT2D eigenvalue weighted by molar-refractivity contribution is 5.79. The third-order valence-electron chi connectivity index (χ3n) is 4.99. The molecule has 5 heteroatoms. The maximum atomic E-state index is 12.9. The Balaban J connectivity index is 1.69. The number of hydrogen-bond acceptors (Lipinski definition) is 3. The van der Waals surface area contributed by atoms with Gasteiger partial charge in [-0.15, -0.1) is 0 Å². The highest BCUT2D eigenvalue weighted by Crippen LogP contribution is 2.27. The van der Waals surface area contributed by atoms with E-state index < -0.39 is 6.10 Å². The Morgan fingerprint density at radius 3 is 2.80 bits per heavy atom. The van der Waals surface area contributed by atoms with Crippen molar-refractivity contribution in [2.45, 2.75) is 50.7 Å². The lowest BCUT2D eigenvalue weighted by atomic mass is 9.98. The lowest BCUT2D eigenvalue weighted by Gasteiger charge is -2.31. The van der Waals surface area contributed by atoms with Crippen molar-refractivity contribution in [3.63, 3.8) is 0 Å².